The van der Waals surface area contributed by atoms with Crippen LogP contribution >= 0.6 is 12.6 Å². The molecule has 1 aromatic heterocycles. The minimum Gasteiger partial charge on any atom is -0.494 e. The Morgan fingerprint density at radius 3 is 3.17 bits per heavy atom. The van der Waals surface area contributed by atoms with Crippen LogP contribution in [0.1, 0.15) is 5.69 Å². The molecule has 0 aliphatic carbocycles. The summed E-state index contributed by atoms with van der Waals surface area (Å²) >= 11 is 3.97. The van der Waals surface area contributed by atoms with Gasteiger partial charge in [-0.05, 0) is 18.1 Å². The number of hydrogen-bond acceptors (Lipinski definition) is 3. The van der Waals surface area contributed by atoms with Crippen molar-refractivity contribution in [2.24, 2.45) is 0 Å². The van der Waals surface area contributed by atoms with Crippen molar-refractivity contribution in [1.82, 2.24) is 4.98 Å². The first-order valence-corrected chi connectivity index (χ1v) is 4.10. The van der Waals surface area contributed by atoms with Gasteiger partial charge in [-0.2, -0.15) is 12.6 Å². The van der Waals surface area contributed by atoms with Crippen molar-refractivity contribution in [3.8, 4) is 17.6 Å². The first-order chi connectivity index (χ1) is 5.88. The van der Waals surface area contributed by atoms with Crippen LogP contribution in [0.25, 0.3) is 0 Å². The van der Waals surface area contributed by atoms with Crippen LogP contribution < -0.4 is 4.74 Å². The van der Waals surface area contributed by atoms with Crippen molar-refractivity contribution in [3.05, 3.63) is 24.0 Å². The lowest BCUT2D eigenvalue weighted by atomic mass is 10.3. The van der Waals surface area contributed by atoms with Crippen LogP contribution in [0.15, 0.2) is 18.3 Å². The number of ether oxygens (including phenoxy) is 1. The summed E-state index contributed by atoms with van der Waals surface area (Å²) in [6, 6.07) is 3.64. The Morgan fingerprint density at radius 2 is 2.50 bits per heavy atom. The van der Waals surface area contributed by atoms with Gasteiger partial charge in [0.25, 0.3) is 0 Å². The highest BCUT2D eigenvalue weighted by molar-refractivity contribution is 7.80. The van der Waals surface area contributed by atoms with E-state index in [1.807, 2.05) is 12.1 Å². The van der Waals surface area contributed by atoms with Crippen LogP contribution in [0.5, 0.6) is 5.75 Å². The maximum atomic E-state index is 5.05. The van der Waals surface area contributed by atoms with Crippen LogP contribution in [-0.4, -0.2) is 17.8 Å². The molecule has 0 N–H and O–H groups in total. The quantitative estimate of drug-likeness (QED) is 0.519. The highest BCUT2D eigenvalue weighted by atomic mass is 32.1. The van der Waals surface area contributed by atoms with E-state index in [-0.39, 0.29) is 0 Å². The Morgan fingerprint density at radius 1 is 1.67 bits per heavy atom. The Balaban J connectivity index is 2.97. The molecule has 0 aliphatic rings. The molecule has 0 atom stereocenters. The molecule has 0 amide bonds. The molecule has 0 radical (unpaired) electrons. The van der Waals surface area contributed by atoms with E-state index in [0.717, 1.165) is 0 Å². The number of rotatable bonds is 1. The van der Waals surface area contributed by atoms with Gasteiger partial charge in [-0.3, -0.25) is 0 Å². The predicted molar refractivity (Wildman–Crippen MR) is 51.5 cm³/mol. The highest BCUT2D eigenvalue weighted by Crippen LogP contribution is 2.12. The summed E-state index contributed by atoms with van der Waals surface area (Å²) < 4.78 is 5.05. The molecule has 0 aromatic carbocycles. The zero-order valence-corrected chi connectivity index (χ0v) is 7.64. The van der Waals surface area contributed by atoms with E-state index in [0.29, 0.717) is 17.2 Å². The lowest BCUT2D eigenvalue weighted by Gasteiger charge is -1.99. The number of nitrogens with zero attached hydrogens (tertiary/aromatic N) is 1. The fourth-order valence-corrected chi connectivity index (χ4v) is 0.851. The van der Waals surface area contributed by atoms with Gasteiger partial charge in [0.05, 0.1) is 12.9 Å². The summed E-state index contributed by atoms with van der Waals surface area (Å²) in [6.45, 7) is 0. The van der Waals surface area contributed by atoms with Gasteiger partial charge < -0.3 is 4.74 Å². The first-order valence-electron chi connectivity index (χ1n) is 3.47. The Labute approximate surface area is 77.4 Å². The van der Waals surface area contributed by atoms with Crippen LogP contribution in [0.4, 0.5) is 0 Å². The van der Waals surface area contributed by atoms with Gasteiger partial charge in [0, 0.05) is 6.20 Å². The molecule has 1 heterocycles. The van der Waals surface area contributed by atoms with E-state index < -0.39 is 0 Å². The maximum Gasteiger partial charge on any atom is 0.155 e. The van der Waals surface area contributed by atoms with Crippen LogP contribution in [0.3, 0.4) is 0 Å². The number of thiol groups is 1. The van der Waals surface area contributed by atoms with Crippen molar-refractivity contribution < 1.29 is 4.74 Å². The number of aromatic nitrogens is 1. The third kappa shape index (κ3) is 2.18. The summed E-state index contributed by atoms with van der Waals surface area (Å²) in [5, 5.41) is 0. The lowest BCUT2D eigenvalue weighted by Crippen LogP contribution is -1.89. The fourth-order valence-electron chi connectivity index (χ4n) is 0.772. The summed E-state index contributed by atoms with van der Waals surface area (Å²) in [7, 11) is 1.60. The minimum absolute atomic E-state index is 0.528. The Kier molecular flexibility index (Phi) is 3.49. The van der Waals surface area contributed by atoms with Gasteiger partial charge in [-0.15, -0.1) is 0 Å². The largest absolute Gasteiger partial charge is 0.494 e. The molecule has 1 aromatic rings. The molecule has 1 rings (SSSR count). The summed E-state index contributed by atoms with van der Waals surface area (Å²) in [4.78, 5) is 4.05. The highest BCUT2D eigenvalue weighted by Gasteiger charge is 1.96. The molecule has 0 saturated carbocycles. The van der Waals surface area contributed by atoms with E-state index in [9.17, 15) is 0 Å². The van der Waals surface area contributed by atoms with Gasteiger partial charge in [0.15, 0.2) is 11.4 Å². The second-order valence-corrected chi connectivity index (χ2v) is 2.33. The molecule has 12 heavy (non-hydrogen) atoms. The van der Waals surface area contributed by atoms with Crippen LogP contribution in [-0.2, 0) is 0 Å². The molecule has 62 valence electrons. The molecule has 2 nitrogen and oxygen atoms in total. The van der Waals surface area contributed by atoms with Crippen molar-refractivity contribution in [3.63, 3.8) is 0 Å². The Hall–Kier alpha value is -1.14. The third-order valence-electron chi connectivity index (χ3n) is 1.28. The molecule has 3 heteroatoms. The summed E-state index contributed by atoms with van der Waals surface area (Å²) in [5.41, 5.74) is 0.661. The SMILES string of the molecule is COc1cccnc1C#CCS. The zero-order valence-electron chi connectivity index (χ0n) is 6.74. The van der Waals surface area contributed by atoms with Crippen molar-refractivity contribution in [2.75, 3.05) is 12.9 Å². The number of pyridine rings is 1. The van der Waals surface area contributed by atoms with Gasteiger partial charge >= 0.3 is 0 Å². The zero-order chi connectivity index (χ0) is 8.81. The third-order valence-corrected chi connectivity index (χ3v) is 1.43. The number of methoxy groups -OCH3 is 1. The van der Waals surface area contributed by atoms with E-state index in [1.54, 1.807) is 13.3 Å². The average molecular weight is 179 g/mol. The topological polar surface area (TPSA) is 22.1 Å². The molecule has 0 unspecified atom stereocenters. The van der Waals surface area contributed by atoms with Gasteiger partial charge in [0.2, 0.25) is 0 Å². The molecule has 0 saturated heterocycles. The van der Waals surface area contributed by atoms with Gasteiger partial charge in [0.1, 0.15) is 0 Å². The standard InChI is InChI=1S/C9H9NOS/c1-11-9-5-2-6-10-8(9)4-3-7-12/h2,5-6,12H,7H2,1H3. The first kappa shape index (κ1) is 8.95. The van der Waals surface area contributed by atoms with E-state index in [1.165, 1.54) is 0 Å². The normalized spacial score (nSPS) is 8.50. The Bertz CT molecular complexity index is 314. The number of hydrogen-bond donors (Lipinski definition) is 1. The predicted octanol–water partition coefficient (Wildman–Crippen LogP) is 1.37. The maximum absolute atomic E-state index is 5.05. The van der Waals surface area contributed by atoms with Crippen molar-refractivity contribution in [2.45, 2.75) is 0 Å². The molecule has 0 fully saturated rings. The second-order valence-electron chi connectivity index (χ2n) is 2.01. The van der Waals surface area contributed by atoms with E-state index in [2.05, 4.69) is 29.5 Å². The van der Waals surface area contributed by atoms with Gasteiger partial charge in [-0.25, -0.2) is 4.98 Å². The van der Waals surface area contributed by atoms with Crippen molar-refractivity contribution in [1.29, 1.82) is 0 Å². The summed E-state index contributed by atoms with van der Waals surface area (Å²) in [5.74, 6) is 6.89. The lowest BCUT2D eigenvalue weighted by molar-refractivity contribution is 0.411. The second kappa shape index (κ2) is 4.68. The molecular formula is C9H9NOS. The van der Waals surface area contributed by atoms with Crippen LogP contribution in [0.2, 0.25) is 0 Å². The van der Waals surface area contributed by atoms with Crippen molar-refractivity contribution >= 4 is 12.6 Å². The van der Waals surface area contributed by atoms with E-state index in [4.69, 9.17) is 4.74 Å². The molecular weight excluding hydrogens is 170 g/mol. The smallest absolute Gasteiger partial charge is 0.155 e. The average Bonchev–Trinajstić information content (AvgIpc) is 2.15. The summed E-state index contributed by atoms with van der Waals surface area (Å²) in [6.07, 6.45) is 1.69. The fraction of sp³-hybridized carbons (Fsp3) is 0.222. The minimum atomic E-state index is 0.528. The molecule has 0 spiro atoms. The molecule has 0 aliphatic heterocycles. The monoisotopic (exact) mass is 179 g/mol. The molecule has 0 bridgehead atoms. The van der Waals surface area contributed by atoms with Gasteiger partial charge in [-0.1, -0.05) is 5.92 Å². The van der Waals surface area contributed by atoms with E-state index >= 15 is 0 Å². The van der Waals surface area contributed by atoms with Crippen LogP contribution in [0, 0.1) is 11.8 Å².